The SMILES string of the molecule is O=C(O)CC(O)(C(=O)O)C(C(=O)OC1C(O)C(O)C(O)C(O)C1O)[C@]1([C@@H](O)CO)OC(=O)C(O)=C1O. The number of aliphatic hydroxyl groups is 10. The van der Waals surface area contributed by atoms with Crippen molar-refractivity contribution in [2.45, 2.75) is 60.4 Å². The van der Waals surface area contributed by atoms with Gasteiger partial charge in [-0.15, -0.1) is 0 Å². The highest BCUT2D eigenvalue weighted by atomic mass is 16.6. The molecule has 6 unspecified atom stereocenters. The molecule has 18 heteroatoms. The molecular formula is C18H24O18. The largest absolute Gasteiger partial charge is 0.505 e. The van der Waals surface area contributed by atoms with Gasteiger partial charge in [0.05, 0.1) is 13.0 Å². The summed E-state index contributed by atoms with van der Waals surface area (Å²) in [7, 11) is 0. The molecule has 2 rings (SSSR count). The number of hydrogen-bond acceptors (Lipinski definition) is 16. The van der Waals surface area contributed by atoms with Crippen LogP contribution in [-0.2, 0) is 28.7 Å². The molecule has 8 atom stereocenters. The Morgan fingerprint density at radius 3 is 1.81 bits per heavy atom. The zero-order chi connectivity index (χ0) is 27.9. The van der Waals surface area contributed by atoms with Gasteiger partial charge < -0.3 is 70.8 Å². The number of rotatable bonds is 9. The average molecular weight is 528 g/mol. The van der Waals surface area contributed by atoms with E-state index in [0.29, 0.717) is 0 Å². The van der Waals surface area contributed by atoms with Crippen LogP contribution in [0.4, 0.5) is 0 Å². The van der Waals surface area contributed by atoms with Gasteiger partial charge >= 0.3 is 23.9 Å². The first-order valence-corrected chi connectivity index (χ1v) is 9.92. The summed E-state index contributed by atoms with van der Waals surface area (Å²) < 4.78 is 9.30. The standard InChI is InChI=1S/C18H24O18/c19-2-3(20)18(13(29)10(28)14(30)36-18)12(17(34,16(32)33)1-4(21)22)15(31)35-11-8(26)6(24)5(23)7(25)9(11)27/h3,5-9,11-12,19-20,23-29,34H,1-2H2,(H,21,22)(H,32,33)/t3-,5?,6?,7?,8?,9?,11?,12?,17?,18-/m0/s1. The maximum atomic E-state index is 13.2. The number of cyclic esters (lactones) is 1. The van der Waals surface area contributed by atoms with Crippen LogP contribution in [0.3, 0.4) is 0 Å². The lowest BCUT2D eigenvalue weighted by Crippen LogP contribution is -2.68. The highest BCUT2D eigenvalue weighted by Gasteiger charge is 2.70. The molecule has 1 fully saturated rings. The summed E-state index contributed by atoms with van der Waals surface area (Å²) in [6.45, 7) is -1.57. The highest BCUT2D eigenvalue weighted by molar-refractivity contribution is 5.95. The van der Waals surface area contributed by atoms with E-state index in [4.69, 9.17) is 9.84 Å². The predicted molar refractivity (Wildman–Crippen MR) is 102 cm³/mol. The molecule has 0 aromatic rings. The number of ether oxygens (including phenoxy) is 2. The molecule has 2 aliphatic rings. The Labute approximate surface area is 199 Å². The molecule has 1 aliphatic heterocycles. The lowest BCUT2D eigenvalue weighted by atomic mass is 9.69. The molecule has 204 valence electrons. The second-order valence-corrected chi connectivity index (χ2v) is 8.17. The lowest BCUT2D eigenvalue weighted by Gasteiger charge is -2.45. The molecule has 0 spiro atoms. The van der Waals surface area contributed by atoms with Gasteiger partial charge in [-0.2, -0.15) is 0 Å². The van der Waals surface area contributed by atoms with Crippen molar-refractivity contribution in [3.05, 3.63) is 11.5 Å². The van der Waals surface area contributed by atoms with Crippen molar-refractivity contribution >= 4 is 23.9 Å². The maximum absolute atomic E-state index is 13.2. The quantitative estimate of drug-likeness (QED) is 0.124. The number of carboxylic acids is 2. The fraction of sp³-hybridized carbons (Fsp3) is 0.667. The molecule has 0 saturated heterocycles. The van der Waals surface area contributed by atoms with Crippen LogP contribution in [0.15, 0.2) is 11.5 Å². The minimum atomic E-state index is -3.97. The third-order valence-electron chi connectivity index (χ3n) is 5.98. The van der Waals surface area contributed by atoms with Crippen LogP contribution in [0.1, 0.15) is 6.42 Å². The molecule has 0 aromatic carbocycles. The van der Waals surface area contributed by atoms with Crippen molar-refractivity contribution in [3.8, 4) is 0 Å². The van der Waals surface area contributed by atoms with Gasteiger partial charge in [0.15, 0.2) is 17.5 Å². The average Bonchev–Trinajstić information content (AvgIpc) is 3.02. The zero-order valence-corrected chi connectivity index (χ0v) is 17.8. The minimum Gasteiger partial charge on any atom is -0.505 e. The lowest BCUT2D eigenvalue weighted by molar-refractivity contribution is -0.247. The number of carbonyl (C=O) groups is 4. The van der Waals surface area contributed by atoms with Crippen molar-refractivity contribution < 1.29 is 89.9 Å². The summed E-state index contributed by atoms with van der Waals surface area (Å²) >= 11 is 0. The number of aliphatic carboxylic acids is 2. The zero-order valence-electron chi connectivity index (χ0n) is 17.8. The van der Waals surface area contributed by atoms with Crippen LogP contribution < -0.4 is 0 Å². The van der Waals surface area contributed by atoms with E-state index in [-0.39, 0.29) is 0 Å². The summed E-state index contributed by atoms with van der Waals surface area (Å²) in [5.74, 6) is -15.7. The Bertz CT molecular complexity index is 930. The van der Waals surface area contributed by atoms with Crippen molar-refractivity contribution in [3.63, 3.8) is 0 Å². The molecule has 0 aromatic heterocycles. The van der Waals surface area contributed by atoms with Gasteiger partial charge in [0, 0.05) is 0 Å². The van der Waals surface area contributed by atoms with Gasteiger partial charge in [0.2, 0.25) is 11.4 Å². The Kier molecular flexibility index (Phi) is 8.18. The van der Waals surface area contributed by atoms with Crippen molar-refractivity contribution in [2.24, 2.45) is 5.92 Å². The topological polar surface area (TPSA) is 330 Å². The Hall–Kier alpha value is -3.10. The van der Waals surface area contributed by atoms with Gasteiger partial charge in [0.25, 0.3) is 0 Å². The number of hydrogen-bond donors (Lipinski definition) is 12. The number of esters is 2. The van der Waals surface area contributed by atoms with Gasteiger partial charge in [-0.25, -0.2) is 9.59 Å². The first kappa shape index (κ1) is 29.1. The predicted octanol–water partition coefficient (Wildman–Crippen LogP) is -6.40. The van der Waals surface area contributed by atoms with E-state index in [1.54, 1.807) is 0 Å². The third kappa shape index (κ3) is 4.44. The van der Waals surface area contributed by atoms with E-state index in [1.165, 1.54) is 0 Å². The summed E-state index contributed by atoms with van der Waals surface area (Å²) in [5.41, 5.74) is -7.59. The van der Waals surface area contributed by atoms with Crippen molar-refractivity contribution in [2.75, 3.05) is 6.61 Å². The molecule has 12 N–H and O–H groups in total. The van der Waals surface area contributed by atoms with E-state index in [1.807, 2.05) is 0 Å². The molecule has 0 radical (unpaired) electrons. The molecule has 1 saturated carbocycles. The fourth-order valence-corrected chi connectivity index (χ4v) is 4.08. The van der Waals surface area contributed by atoms with Gasteiger partial charge in [0.1, 0.15) is 42.5 Å². The second kappa shape index (κ2) is 10.1. The third-order valence-corrected chi connectivity index (χ3v) is 5.98. The maximum Gasteiger partial charge on any atom is 0.378 e. The normalized spacial score (nSPS) is 35.9. The molecule has 1 aliphatic carbocycles. The van der Waals surface area contributed by atoms with E-state index < -0.39 is 108 Å². The van der Waals surface area contributed by atoms with Gasteiger partial charge in [-0.3, -0.25) is 9.59 Å². The molecular weight excluding hydrogens is 504 g/mol. The molecule has 36 heavy (non-hydrogen) atoms. The number of aliphatic hydroxyl groups excluding tert-OH is 9. The summed E-state index contributed by atoms with van der Waals surface area (Å²) in [6.07, 6.45) is -18.6. The first-order valence-electron chi connectivity index (χ1n) is 9.92. The molecule has 18 nitrogen and oxygen atoms in total. The van der Waals surface area contributed by atoms with Crippen LogP contribution in [0.2, 0.25) is 0 Å². The van der Waals surface area contributed by atoms with E-state index in [2.05, 4.69) is 4.74 Å². The van der Waals surface area contributed by atoms with Crippen LogP contribution in [0.25, 0.3) is 0 Å². The summed E-state index contributed by atoms with van der Waals surface area (Å²) in [4.78, 5) is 48.5. The van der Waals surface area contributed by atoms with Crippen LogP contribution in [0.5, 0.6) is 0 Å². The summed E-state index contributed by atoms with van der Waals surface area (Å²) in [5, 5.41) is 119. The van der Waals surface area contributed by atoms with Crippen LogP contribution in [0, 0.1) is 5.92 Å². The minimum absolute atomic E-state index is 1.57. The van der Waals surface area contributed by atoms with E-state index >= 15 is 0 Å². The molecule has 1 heterocycles. The van der Waals surface area contributed by atoms with Crippen molar-refractivity contribution in [1.29, 1.82) is 0 Å². The Morgan fingerprint density at radius 1 is 0.972 bits per heavy atom. The smallest absolute Gasteiger partial charge is 0.378 e. The highest BCUT2D eigenvalue weighted by Crippen LogP contribution is 2.46. The first-order chi connectivity index (χ1) is 16.5. The Morgan fingerprint density at radius 2 is 1.44 bits per heavy atom. The summed E-state index contributed by atoms with van der Waals surface area (Å²) in [6, 6.07) is 0. The van der Waals surface area contributed by atoms with Crippen molar-refractivity contribution in [1.82, 2.24) is 0 Å². The van der Waals surface area contributed by atoms with Crippen LogP contribution >= 0.6 is 0 Å². The Balaban J connectivity index is 2.75. The number of carboxylic acid groups (broad SMARTS) is 2. The van der Waals surface area contributed by atoms with Crippen LogP contribution in [-0.4, -0.2) is 146 Å². The molecule has 0 bridgehead atoms. The van der Waals surface area contributed by atoms with E-state index in [9.17, 15) is 75.3 Å². The fourth-order valence-electron chi connectivity index (χ4n) is 4.08. The number of carbonyl (C=O) groups excluding carboxylic acids is 2. The van der Waals surface area contributed by atoms with Gasteiger partial charge in [-0.05, 0) is 0 Å². The second-order valence-electron chi connectivity index (χ2n) is 8.17. The molecule has 0 amide bonds. The monoisotopic (exact) mass is 528 g/mol. The van der Waals surface area contributed by atoms with E-state index in [0.717, 1.165) is 0 Å². The van der Waals surface area contributed by atoms with Gasteiger partial charge in [-0.1, -0.05) is 0 Å².